The first kappa shape index (κ1) is 19.6. The third kappa shape index (κ3) is 4.29. The minimum Gasteiger partial charge on any atom is -0.367 e. The number of carbonyl (C=O) groups is 2. The van der Waals surface area contributed by atoms with E-state index in [2.05, 4.69) is 30.9 Å². The molecule has 0 saturated carbocycles. The Hall–Kier alpha value is -1.69. The van der Waals surface area contributed by atoms with Crippen molar-refractivity contribution in [2.45, 2.75) is 44.6 Å². The summed E-state index contributed by atoms with van der Waals surface area (Å²) in [6.45, 7) is 9.77. The topological polar surface area (TPSA) is 43.9 Å². The summed E-state index contributed by atoms with van der Waals surface area (Å²) < 4.78 is 0. The molecule has 0 aromatic heterocycles. The van der Waals surface area contributed by atoms with E-state index in [1.807, 2.05) is 43.2 Å². The van der Waals surface area contributed by atoms with Crippen LogP contribution in [0.2, 0.25) is 0 Å². The fourth-order valence-corrected chi connectivity index (χ4v) is 3.95. The number of amides is 2. The van der Waals surface area contributed by atoms with E-state index in [1.165, 1.54) is 5.69 Å². The van der Waals surface area contributed by atoms with Gasteiger partial charge in [-0.15, -0.1) is 11.8 Å². The molecule has 1 aliphatic heterocycles. The van der Waals surface area contributed by atoms with Gasteiger partial charge < -0.3 is 14.7 Å². The second-order valence-corrected chi connectivity index (χ2v) is 8.31. The molecule has 2 rings (SSSR count). The van der Waals surface area contributed by atoms with Crippen molar-refractivity contribution in [2.75, 3.05) is 30.8 Å². The molecule has 6 heteroatoms. The number of anilines is 1. The summed E-state index contributed by atoms with van der Waals surface area (Å²) in [6.07, 6.45) is 2.78. The van der Waals surface area contributed by atoms with Crippen molar-refractivity contribution >= 4 is 29.8 Å². The smallest absolute Gasteiger partial charge is 0.243 e. The van der Waals surface area contributed by atoms with Crippen LogP contribution in [0.25, 0.3) is 0 Å². The Balaban J connectivity index is 2.12. The molecule has 1 unspecified atom stereocenters. The Bertz CT molecular complexity index is 588. The van der Waals surface area contributed by atoms with E-state index in [-0.39, 0.29) is 29.4 Å². The third-order valence-electron chi connectivity index (χ3n) is 4.86. The highest BCUT2D eigenvalue weighted by Crippen LogP contribution is 2.35. The second-order valence-electron chi connectivity index (χ2n) is 7.16. The van der Waals surface area contributed by atoms with Crippen molar-refractivity contribution in [1.82, 2.24) is 9.80 Å². The lowest BCUT2D eigenvalue weighted by molar-refractivity contribution is -0.143. The summed E-state index contributed by atoms with van der Waals surface area (Å²) >= 11 is 1.66. The van der Waals surface area contributed by atoms with Crippen molar-refractivity contribution in [3.63, 3.8) is 0 Å². The number of para-hydroxylation sites is 1. The molecule has 1 heterocycles. The Morgan fingerprint density at radius 1 is 1.28 bits per heavy atom. The van der Waals surface area contributed by atoms with Crippen molar-refractivity contribution in [2.24, 2.45) is 0 Å². The molecule has 1 saturated heterocycles. The van der Waals surface area contributed by atoms with Crippen LogP contribution < -0.4 is 4.90 Å². The predicted molar refractivity (Wildman–Crippen MR) is 105 cm³/mol. The summed E-state index contributed by atoms with van der Waals surface area (Å²) in [5.74, 6) is 0.0119. The van der Waals surface area contributed by atoms with Gasteiger partial charge in [-0.3, -0.25) is 9.59 Å². The summed E-state index contributed by atoms with van der Waals surface area (Å²) in [7, 11) is 0. The van der Waals surface area contributed by atoms with Gasteiger partial charge in [-0.2, -0.15) is 0 Å². The Morgan fingerprint density at radius 2 is 1.88 bits per heavy atom. The predicted octanol–water partition coefficient (Wildman–Crippen LogP) is 2.67. The van der Waals surface area contributed by atoms with E-state index in [0.29, 0.717) is 0 Å². The molecule has 138 valence electrons. The number of thioether (sulfide) groups is 1. The highest BCUT2D eigenvalue weighted by atomic mass is 32.2. The lowest BCUT2D eigenvalue weighted by atomic mass is 9.89. The fourth-order valence-electron chi connectivity index (χ4n) is 3.37. The molecule has 0 bridgehead atoms. The number of rotatable bonds is 8. The van der Waals surface area contributed by atoms with Gasteiger partial charge in [0.05, 0.1) is 17.5 Å². The molecule has 1 fully saturated rings. The van der Waals surface area contributed by atoms with E-state index in [0.717, 1.165) is 19.5 Å². The number of carbonyl (C=O) groups excluding carboxylic acids is 2. The van der Waals surface area contributed by atoms with Crippen LogP contribution in [0.4, 0.5) is 5.69 Å². The van der Waals surface area contributed by atoms with Gasteiger partial charge in [0.25, 0.3) is 0 Å². The molecule has 0 radical (unpaired) electrons. The molecule has 1 aromatic carbocycles. The van der Waals surface area contributed by atoms with Crippen LogP contribution in [0.1, 0.15) is 27.7 Å². The number of benzene rings is 1. The first-order chi connectivity index (χ1) is 11.8. The molecule has 5 nitrogen and oxygen atoms in total. The Labute approximate surface area is 155 Å². The zero-order valence-corrected chi connectivity index (χ0v) is 16.6. The molecule has 25 heavy (non-hydrogen) atoms. The maximum Gasteiger partial charge on any atom is 0.243 e. The molecule has 0 aliphatic carbocycles. The first-order valence-electron chi connectivity index (χ1n) is 8.68. The van der Waals surface area contributed by atoms with Gasteiger partial charge in [0.1, 0.15) is 0 Å². The molecule has 1 aromatic rings. The molecular weight excluding hydrogens is 334 g/mol. The summed E-state index contributed by atoms with van der Waals surface area (Å²) in [5.41, 5.74) is 0.960. The van der Waals surface area contributed by atoms with Crippen molar-refractivity contribution < 1.29 is 9.59 Å². The maximum atomic E-state index is 13.0. The van der Waals surface area contributed by atoms with Crippen LogP contribution in [0.3, 0.4) is 0 Å². The van der Waals surface area contributed by atoms with Gasteiger partial charge in [-0.05, 0) is 46.1 Å². The molecule has 1 atom stereocenters. The first-order valence-corrected chi connectivity index (χ1v) is 9.97. The minimum absolute atomic E-state index is 0.0119. The molecular formula is C19H29N3O2S. The van der Waals surface area contributed by atoms with Gasteiger partial charge in [-0.1, -0.05) is 18.2 Å². The number of hydrogen-bond donors (Lipinski definition) is 0. The van der Waals surface area contributed by atoms with Gasteiger partial charge >= 0.3 is 0 Å². The minimum atomic E-state index is -0.221. The van der Waals surface area contributed by atoms with Crippen LogP contribution in [-0.2, 0) is 9.59 Å². The zero-order chi connectivity index (χ0) is 18.6. The maximum absolute atomic E-state index is 13.0. The number of hydrogen-bond acceptors (Lipinski definition) is 4. The van der Waals surface area contributed by atoms with E-state index in [4.69, 9.17) is 0 Å². The number of nitrogens with zero attached hydrogens (tertiary/aromatic N) is 3. The van der Waals surface area contributed by atoms with Crippen LogP contribution in [0, 0.1) is 0 Å². The van der Waals surface area contributed by atoms with E-state index < -0.39 is 0 Å². The molecule has 0 N–H and O–H groups in total. The molecule has 0 spiro atoms. The van der Waals surface area contributed by atoms with Crippen LogP contribution >= 0.6 is 11.8 Å². The largest absolute Gasteiger partial charge is 0.367 e. The van der Waals surface area contributed by atoms with Crippen molar-refractivity contribution in [1.29, 1.82) is 0 Å². The molecule has 2 amide bonds. The average molecular weight is 364 g/mol. The summed E-state index contributed by atoms with van der Waals surface area (Å²) in [6, 6.07) is 10.3. The monoisotopic (exact) mass is 363 g/mol. The Morgan fingerprint density at radius 3 is 2.36 bits per heavy atom. The SMILES string of the molecule is CSC(C)N(C(=O)CN(C=O)C(C)C)C1(C)CN(c2ccccc2)C1. The van der Waals surface area contributed by atoms with Crippen molar-refractivity contribution in [3.05, 3.63) is 30.3 Å². The second kappa shape index (κ2) is 8.13. The van der Waals surface area contributed by atoms with Crippen LogP contribution in [0.5, 0.6) is 0 Å². The van der Waals surface area contributed by atoms with Gasteiger partial charge in [-0.25, -0.2) is 0 Å². The summed E-state index contributed by atoms with van der Waals surface area (Å²) in [4.78, 5) is 30.1. The quantitative estimate of drug-likeness (QED) is 0.526. The average Bonchev–Trinajstić information content (AvgIpc) is 2.57. The van der Waals surface area contributed by atoms with E-state index in [1.54, 1.807) is 16.7 Å². The van der Waals surface area contributed by atoms with Crippen molar-refractivity contribution in [3.8, 4) is 0 Å². The zero-order valence-electron chi connectivity index (χ0n) is 15.8. The van der Waals surface area contributed by atoms with Gasteiger partial charge in [0, 0.05) is 24.8 Å². The van der Waals surface area contributed by atoms with E-state index in [9.17, 15) is 9.59 Å². The Kier molecular flexibility index (Phi) is 6.38. The molecule has 1 aliphatic rings. The lowest BCUT2D eigenvalue weighted by Crippen LogP contribution is -2.72. The van der Waals surface area contributed by atoms with E-state index >= 15 is 0 Å². The van der Waals surface area contributed by atoms with Gasteiger partial charge in [0.15, 0.2) is 0 Å². The highest BCUT2D eigenvalue weighted by molar-refractivity contribution is 7.99. The van der Waals surface area contributed by atoms with Gasteiger partial charge in [0.2, 0.25) is 12.3 Å². The standard InChI is InChI=1S/C19H29N3O2S/c1-15(2)20(14-23)11-18(24)22(16(3)25-5)19(4)12-21(13-19)17-9-7-6-8-10-17/h6-10,14-16H,11-13H2,1-5H3. The van der Waals surface area contributed by atoms with Crippen LogP contribution in [0.15, 0.2) is 30.3 Å². The normalized spacial score (nSPS) is 17.0. The van der Waals surface area contributed by atoms with Crippen LogP contribution in [-0.4, -0.2) is 65.0 Å². The highest BCUT2D eigenvalue weighted by Gasteiger charge is 2.47. The summed E-state index contributed by atoms with van der Waals surface area (Å²) in [5, 5.41) is 0.0658. The fraction of sp³-hybridized carbons (Fsp3) is 0.579. The third-order valence-corrected chi connectivity index (χ3v) is 5.75. The lowest BCUT2D eigenvalue weighted by Gasteiger charge is -2.56.